The van der Waals surface area contributed by atoms with Gasteiger partial charge in [-0.3, -0.25) is 4.72 Å². The summed E-state index contributed by atoms with van der Waals surface area (Å²) >= 11 is 12.1. The van der Waals surface area contributed by atoms with Crippen LogP contribution in [-0.4, -0.2) is 37.5 Å². The summed E-state index contributed by atoms with van der Waals surface area (Å²) in [5.41, 5.74) is 1.04. The first-order valence-corrected chi connectivity index (χ1v) is 8.87. The molecular weight excluding hydrogens is 335 g/mol. The summed E-state index contributed by atoms with van der Waals surface area (Å²) in [4.78, 5) is 0. The summed E-state index contributed by atoms with van der Waals surface area (Å²) in [6.45, 7) is 2.53. The number of aliphatic hydroxyl groups excluding tert-OH is 1. The summed E-state index contributed by atoms with van der Waals surface area (Å²) in [5.74, 6) is -0.0209. The number of anilines is 1. The second kappa shape index (κ2) is 6.71. The Morgan fingerprint density at radius 2 is 2.10 bits per heavy atom. The van der Waals surface area contributed by atoms with Gasteiger partial charge in [0.25, 0.3) is 0 Å². The van der Waals surface area contributed by atoms with E-state index in [4.69, 9.17) is 23.2 Å². The topological polar surface area (TPSA) is 69.6 Å². The van der Waals surface area contributed by atoms with Crippen molar-refractivity contribution >= 4 is 39.1 Å². The Morgan fingerprint density at radius 3 is 2.76 bits per heavy atom. The number of nitrogens with zero attached hydrogens (tertiary/aromatic N) is 1. The fourth-order valence-electron chi connectivity index (χ4n) is 2.32. The molecule has 0 radical (unpaired) electrons. The molecule has 0 bridgehead atoms. The Balaban J connectivity index is 2.19. The molecule has 0 saturated carbocycles. The predicted molar refractivity (Wildman–Crippen MR) is 85.1 cm³/mol. The van der Waals surface area contributed by atoms with E-state index in [1.807, 2.05) is 0 Å². The number of hydrogen-bond donors (Lipinski definition) is 2. The summed E-state index contributed by atoms with van der Waals surface area (Å²) in [7, 11) is -3.70. The number of halogens is 2. The minimum atomic E-state index is -3.70. The number of aryl methyl sites for hydroxylation is 1. The molecule has 0 aliphatic carbocycles. The van der Waals surface area contributed by atoms with E-state index in [9.17, 15) is 13.5 Å². The molecule has 1 aromatic carbocycles. The fraction of sp³-hybridized carbons (Fsp3) is 0.538. The molecule has 2 rings (SSSR count). The van der Waals surface area contributed by atoms with E-state index in [0.717, 1.165) is 18.4 Å². The van der Waals surface area contributed by atoms with Crippen LogP contribution in [0, 0.1) is 12.8 Å². The third-order valence-corrected chi connectivity index (χ3v) is 5.78. The molecule has 1 heterocycles. The highest BCUT2D eigenvalue weighted by atomic mass is 35.5. The van der Waals surface area contributed by atoms with E-state index in [2.05, 4.69) is 4.72 Å². The third kappa shape index (κ3) is 4.02. The highest BCUT2D eigenvalue weighted by molar-refractivity contribution is 7.90. The van der Waals surface area contributed by atoms with Crippen LogP contribution >= 0.6 is 23.2 Å². The van der Waals surface area contributed by atoms with E-state index in [1.54, 1.807) is 13.0 Å². The second-order valence-corrected chi connectivity index (χ2v) is 7.72. The number of nitrogens with one attached hydrogen (secondary N) is 1. The molecule has 1 atom stereocenters. The first kappa shape index (κ1) is 16.8. The van der Waals surface area contributed by atoms with Gasteiger partial charge in [-0.1, -0.05) is 23.2 Å². The molecule has 0 aromatic heterocycles. The zero-order valence-electron chi connectivity index (χ0n) is 11.6. The lowest BCUT2D eigenvalue weighted by atomic mass is 10.0. The van der Waals surface area contributed by atoms with Crippen molar-refractivity contribution in [2.24, 2.45) is 5.92 Å². The van der Waals surface area contributed by atoms with Crippen LogP contribution in [0.2, 0.25) is 10.0 Å². The van der Waals surface area contributed by atoms with Gasteiger partial charge in [-0.25, -0.2) is 0 Å². The van der Waals surface area contributed by atoms with Gasteiger partial charge in [0.1, 0.15) is 0 Å². The SMILES string of the molecule is Cc1cc(Cl)c(NS(=O)(=O)N2CCCC(CO)C2)cc1Cl. The van der Waals surface area contributed by atoms with Crippen LogP contribution in [0.3, 0.4) is 0 Å². The first-order valence-electron chi connectivity index (χ1n) is 6.68. The summed E-state index contributed by atoms with van der Waals surface area (Å²) in [5, 5.41) is 9.95. The van der Waals surface area contributed by atoms with Crippen molar-refractivity contribution in [2.75, 3.05) is 24.4 Å². The maximum Gasteiger partial charge on any atom is 0.301 e. The number of aliphatic hydroxyl groups is 1. The molecule has 0 amide bonds. The zero-order chi connectivity index (χ0) is 15.6. The van der Waals surface area contributed by atoms with E-state index >= 15 is 0 Å². The van der Waals surface area contributed by atoms with E-state index < -0.39 is 10.2 Å². The maximum atomic E-state index is 12.4. The van der Waals surface area contributed by atoms with Gasteiger partial charge in [-0.2, -0.15) is 12.7 Å². The summed E-state index contributed by atoms with van der Waals surface area (Å²) < 4.78 is 28.6. The molecule has 1 fully saturated rings. The number of piperidine rings is 1. The Labute approximate surface area is 135 Å². The summed E-state index contributed by atoms with van der Waals surface area (Å²) in [6, 6.07) is 3.12. The molecule has 8 heteroatoms. The van der Waals surface area contributed by atoms with Crippen LogP contribution in [0.25, 0.3) is 0 Å². The molecule has 5 nitrogen and oxygen atoms in total. The van der Waals surface area contributed by atoms with Crippen molar-refractivity contribution in [3.05, 3.63) is 27.7 Å². The molecule has 0 spiro atoms. The van der Waals surface area contributed by atoms with Crippen molar-refractivity contribution < 1.29 is 13.5 Å². The van der Waals surface area contributed by atoms with Crippen LogP contribution < -0.4 is 4.72 Å². The lowest BCUT2D eigenvalue weighted by Crippen LogP contribution is -2.43. The molecule has 118 valence electrons. The number of hydrogen-bond acceptors (Lipinski definition) is 3. The van der Waals surface area contributed by atoms with Crippen LogP contribution in [0.5, 0.6) is 0 Å². The molecule has 1 aliphatic heterocycles. The molecule has 1 unspecified atom stereocenters. The highest BCUT2D eigenvalue weighted by Crippen LogP contribution is 2.30. The maximum absolute atomic E-state index is 12.4. The second-order valence-electron chi connectivity index (χ2n) is 5.24. The molecular formula is C13H18Cl2N2O3S. The molecule has 1 saturated heterocycles. The largest absolute Gasteiger partial charge is 0.396 e. The van der Waals surface area contributed by atoms with Crippen molar-refractivity contribution in [3.63, 3.8) is 0 Å². The van der Waals surface area contributed by atoms with Crippen molar-refractivity contribution in [2.45, 2.75) is 19.8 Å². The average molecular weight is 353 g/mol. The van der Waals surface area contributed by atoms with Gasteiger partial charge in [0.2, 0.25) is 0 Å². The van der Waals surface area contributed by atoms with Gasteiger partial charge < -0.3 is 5.11 Å². The van der Waals surface area contributed by atoms with Crippen molar-refractivity contribution in [3.8, 4) is 0 Å². The van der Waals surface area contributed by atoms with E-state index in [1.165, 1.54) is 10.4 Å². The average Bonchev–Trinajstić information content (AvgIpc) is 2.44. The normalized spacial score (nSPS) is 20.5. The standard InChI is InChI=1S/C13H18Cl2N2O3S/c1-9-5-12(15)13(6-11(9)14)16-21(19,20)17-4-2-3-10(7-17)8-18/h5-6,10,16,18H,2-4,7-8H2,1H3. The van der Waals surface area contributed by atoms with Crippen LogP contribution in [0.1, 0.15) is 18.4 Å². The van der Waals surface area contributed by atoms with Crippen LogP contribution in [0.4, 0.5) is 5.69 Å². The highest BCUT2D eigenvalue weighted by Gasteiger charge is 2.29. The Hall–Kier alpha value is -0.530. The summed E-state index contributed by atoms with van der Waals surface area (Å²) in [6.07, 6.45) is 1.56. The quantitative estimate of drug-likeness (QED) is 0.874. The van der Waals surface area contributed by atoms with Crippen molar-refractivity contribution in [1.29, 1.82) is 0 Å². The lowest BCUT2D eigenvalue weighted by Gasteiger charge is -2.31. The Bertz CT molecular complexity index is 622. The van der Waals surface area contributed by atoms with Gasteiger partial charge in [0, 0.05) is 24.7 Å². The number of rotatable bonds is 4. The first-order chi connectivity index (χ1) is 9.83. The zero-order valence-corrected chi connectivity index (χ0v) is 14.0. The molecule has 1 aromatic rings. The molecule has 1 aliphatic rings. The van der Waals surface area contributed by atoms with Gasteiger partial charge in [-0.15, -0.1) is 0 Å². The lowest BCUT2D eigenvalue weighted by molar-refractivity contribution is 0.166. The van der Waals surface area contributed by atoms with Gasteiger partial charge in [0.05, 0.1) is 10.7 Å². The van der Waals surface area contributed by atoms with E-state index in [0.29, 0.717) is 23.1 Å². The Morgan fingerprint density at radius 1 is 1.38 bits per heavy atom. The van der Waals surface area contributed by atoms with Gasteiger partial charge >= 0.3 is 10.2 Å². The van der Waals surface area contributed by atoms with Gasteiger partial charge in [0.15, 0.2) is 0 Å². The predicted octanol–water partition coefficient (Wildman–Crippen LogP) is 2.66. The van der Waals surface area contributed by atoms with Crippen LogP contribution in [0.15, 0.2) is 12.1 Å². The minimum absolute atomic E-state index is 0.0108. The van der Waals surface area contributed by atoms with E-state index in [-0.39, 0.29) is 18.2 Å². The third-order valence-electron chi connectivity index (χ3n) is 3.57. The smallest absolute Gasteiger partial charge is 0.301 e. The molecule has 2 N–H and O–H groups in total. The minimum Gasteiger partial charge on any atom is -0.396 e. The van der Waals surface area contributed by atoms with Gasteiger partial charge in [-0.05, 0) is 43.4 Å². The fourth-order valence-corrected chi connectivity index (χ4v) is 4.16. The number of benzene rings is 1. The van der Waals surface area contributed by atoms with Crippen LogP contribution in [-0.2, 0) is 10.2 Å². The monoisotopic (exact) mass is 352 g/mol. The molecule has 21 heavy (non-hydrogen) atoms. The Kier molecular flexibility index (Phi) is 5.38. The van der Waals surface area contributed by atoms with Crippen molar-refractivity contribution in [1.82, 2.24) is 4.31 Å².